The van der Waals surface area contributed by atoms with Gasteiger partial charge in [-0.15, -0.1) is 0 Å². The van der Waals surface area contributed by atoms with Crippen LogP contribution in [0.1, 0.15) is 29.5 Å². The first kappa shape index (κ1) is 15.3. The van der Waals surface area contributed by atoms with Crippen molar-refractivity contribution in [3.05, 3.63) is 41.7 Å². The summed E-state index contributed by atoms with van der Waals surface area (Å²) in [5.41, 5.74) is 2.65. The van der Waals surface area contributed by atoms with Crippen LogP contribution in [0.5, 0.6) is 0 Å². The minimum Gasteiger partial charge on any atom is -0.354 e. The molecular formula is C17H19N3O3. The van der Waals surface area contributed by atoms with Gasteiger partial charge in [-0.2, -0.15) is 0 Å². The van der Waals surface area contributed by atoms with Crippen molar-refractivity contribution < 1.29 is 14.1 Å². The Kier molecular flexibility index (Phi) is 4.14. The largest absolute Gasteiger partial charge is 0.354 e. The maximum atomic E-state index is 12.6. The highest BCUT2D eigenvalue weighted by atomic mass is 16.5. The summed E-state index contributed by atoms with van der Waals surface area (Å²) >= 11 is 0. The SMILES string of the molecule is Cc1ccc(-c2cc(C(=O)N3CCCNC(=O)C3C)on2)cc1. The van der Waals surface area contributed by atoms with E-state index in [0.29, 0.717) is 18.8 Å². The van der Waals surface area contributed by atoms with Gasteiger partial charge < -0.3 is 14.7 Å². The van der Waals surface area contributed by atoms with E-state index in [0.717, 1.165) is 17.5 Å². The standard InChI is InChI=1S/C17H19N3O3/c1-11-4-6-13(7-5-11)14-10-15(23-19-14)17(22)20-9-3-8-18-16(21)12(20)2/h4-7,10,12H,3,8-9H2,1-2H3,(H,18,21). The number of amides is 2. The Labute approximate surface area is 134 Å². The van der Waals surface area contributed by atoms with Gasteiger partial charge in [0.1, 0.15) is 11.7 Å². The molecule has 0 aliphatic carbocycles. The maximum Gasteiger partial charge on any atom is 0.293 e. The Bertz CT molecular complexity index is 721. The highest BCUT2D eigenvalue weighted by molar-refractivity contribution is 5.96. The first-order chi connectivity index (χ1) is 11.1. The lowest BCUT2D eigenvalue weighted by atomic mass is 10.1. The second-order valence-electron chi connectivity index (χ2n) is 5.76. The average molecular weight is 313 g/mol. The molecule has 1 atom stereocenters. The Hall–Kier alpha value is -2.63. The van der Waals surface area contributed by atoms with Gasteiger partial charge in [-0.05, 0) is 20.3 Å². The molecule has 0 bridgehead atoms. The summed E-state index contributed by atoms with van der Waals surface area (Å²) in [6.07, 6.45) is 0.723. The number of nitrogens with one attached hydrogen (secondary N) is 1. The maximum absolute atomic E-state index is 12.6. The van der Waals surface area contributed by atoms with Crippen molar-refractivity contribution in [2.75, 3.05) is 13.1 Å². The van der Waals surface area contributed by atoms with E-state index in [1.807, 2.05) is 31.2 Å². The third-order valence-electron chi connectivity index (χ3n) is 4.05. The Balaban J connectivity index is 1.83. The van der Waals surface area contributed by atoms with E-state index in [-0.39, 0.29) is 17.6 Å². The first-order valence-corrected chi connectivity index (χ1v) is 7.68. The molecule has 1 N–H and O–H groups in total. The number of benzene rings is 1. The van der Waals surface area contributed by atoms with Gasteiger partial charge in [0.05, 0.1) is 0 Å². The lowest BCUT2D eigenvalue weighted by Gasteiger charge is -2.24. The number of aromatic nitrogens is 1. The van der Waals surface area contributed by atoms with Crippen LogP contribution in [0.15, 0.2) is 34.9 Å². The number of hydrogen-bond acceptors (Lipinski definition) is 4. The third-order valence-corrected chi connectivity index (χ3v) is 4.05. The Morgan fingerprint density at radius 1 is 1.35 bits per heavy atom. The lowest BCUT2D eigenvalue weighted by Crippen LogP contribution is -2.45. The lowest BCUT2D eigenvalue weighted by molar-refractivity contribution is -0.124. The summed E-state index contributed by atoms with van der Waals surface area (Å²) in [6, 6.07) is 8.94. The third kappa shape index (κ3) is 3.11. The van der Waals surface area contributed by atoms with E-state index in [1.54, 1.807) is 13.0 Å². The number of hydrogen-bond donors (Lipinski definition) is 1. The molecular weight excluding hydrogens is 294 g/mol. The predicted octanol–water partition coefficient (Wildman–Crippen LogP) is 2.00. The van der Waals surface area contributed by atoms with Crippen molar-refractivity contribution in [2.45, 2.75) is 26.3 Å². The molecule has 1 aromatic carbocycles. The minimum absolute atomic E-state index is 0.144. The van der Waals surface area contributed by atoms with Crippen LogP contribution in [-0.2, 0) is 4.79 Å². The van der Waals surface area contributed by atoms with Gasteiger partial charge in [0.15, 0.2) is 0 Å². The zero-order valence-electron chi connectivity index (χ0n) is 13.2. The molecule has 1 aliphatic heterocycles. The highest BCUT2D eigenvalue weighted by Crippen LogP contribution is 2.21. The van der Waals surface area contributed by atoms with Crippen LogP contribution in [0.4, 0.5) is 0 Å². The summed E-state index contributed by atoms with van der Waals surface area (Å²) in [4.78, 5) is 26.0. The van der Waals surface area contributed by atoms with Crippen LogP contribution >= 0.6 is 0 Å². The summed E-state index contributed by atoms with van der Waals surface area (Å²) in [6.45, 7) is 4.82. The van der Waals surface area contributed by atoms with E-state index < -0.39 is 6.04 Å². The number of carbonyl (C=O) groups is 2. The van der Waals surface area contributed by atoms with Crippen molar-refractivity contribution in [1.82, 2.24) is 15.4 Å². The van der Waals surface area contributed by atoms with Crippen molar-refractivity contribution in [1.29, 1.82) is 0 Å². The smallest absolute Gasteiger partial charge is 0.293 e. The molecule has 23 heavy (non-hydrogen) atoms. The fourth-order valence-electron chi connectivity index (χ4n) is 2.60. The molecule has 0 spiro atoms. The van der Waals surface area contributed by atoms with Crippen LogP contribution in [0.25, 0.3) is 11.3 Å². The van der Waals surface area contributed by atoms with Crippen LogP contribution in [0.3, 0.4) is 0 Å². The Morgan fingerprint density at radius 3 is 2.83 bits per heavy atom. The molecule has 0 radical (unpaired) electrons. The zero-order chi connectivity index (χ0) is 16.4. The first-order valence-electron chi connectivity index (χ1n) is 7.68. The number of carbonyl (C=O) groups excluding carboxylic acids is 2. The average Bonchev–Trinajstić information content (AvgIpc) is 2.98. The van der Waals surface area contributed by atoms with Crippen molar-refractivity contribution >= 4 is 11.8 Å². The number of rotatable bonds is 2. The molecule has 0 saturated carbocycles. The van der Waals surface area contributed by atoms with E-state index in [4.69, 9.17) is 4.52 Å². The fraction of sp³-hybridized carbons (Fsp3) is 0.353. The zero-order valence-corrected chi connectivity index (χ0v) is 13.2. The monoisotopic (exact) mass is 313 g/mol. The van der Waals surface area contributed by atoms with E-state index in [2.05, 4.69) is 10.5 Å². The van der Waals surface area contributed by atoms with Crippen molar-refractivity contribution in [3.8, 4) is 11.3 Å². The molecule has 120 valence electrons. The van der Waals surface area contributed by atoms with E-state index >= 15 is 0 Å². The minimum atomic E-state index is -0.516. The van der Waals surface area contributed by atoms with Crippen LogP contribution < -0.4 is 5.32 Å². The van der Waals surface area contributed by atoms with Crippen LogP contribution in [0.2, 0.25) is 0 Å². The quantitative estimate of drug-likeness (QED) is 0.920. The Morgan fingerprint density at radius 2 is 2.09 bits per heavy atom. The molecule has 1 saturated heterocycles. The number of aryl methyl sites for hydroxylation is 1. The summed E-state index contributed by atoms with van der Waals surface area (Å²) in [5, 5.41) is 6.76. The summed E-state index contributed by atoms with van der Waals surface area (Å²) < 4.78 is 5.22. The normalized spacial score (nSPS) is 18.4. The fourth-order valence-corrected chi connectivity index (χ4v) is 2.60. The van der Waals surface area contributed by atoms with Crippen molar-refractivity contribution in [3.63, 3.8) is 0 Å². The predicted molar refractivity (Wildman–Crippen MR) is 84.8 cm³/mol. The molecule has 1 unspecified atom stereocenters. The summed E-state index contributed by atoms with van der Waals surface area (Å²) in [5.74, 6) is -0.295. The van der Waals surface area contributed by atoms with E-state index in [1.165, 1.54) is 4.90 Å². The van der Waals surface area contributed by atoms with Crippen LogP contribution in [0, 0.1) is 6.92 Å². The van der Waals surface area contributed by atoms with Crippen molar-refractivity contribution in [2.24, 2.45) is 0 Å². The molecule has 1 aromatic heterocycles. The van der Waals surface area contributed by atoms with Gasteiger partial charge in [-0.3, -0.25) is 9.59 Å². The van der Waals surface area contributed by atoms with Gasteiger partial charge >= 0.3 is 0 Å². The van der Waals surface area contributed by atoms with Gasteiger partial charge in [-0.1, -0.05) is 35.0 Å². The van der Waals surface area contributed by atoms with Gasteiger partial charge in [-0.25, -0.2) is 0 Å². The molecule has 1 aliphatic rings. The van der Waals surface area contributed by atoms with Crippen LogP contribution in [-0.4, -0.2) is 41.0 Å². The topological polar surface area (TPSA) is 75.4 Å². The van der Waals surface area contributed by atoms with Gasteiger partial charge in [0.25, 0.3) is 5.91 Å². The molecule has 2 aromatic rings. The molecule has 2 heterocycles. The molecule has 2 amide bonds. The molecule has 3 rings (SSSR count). The summed E-state index contributed by atoms with van der Waals surface area (Å²) in [7, 11) is 0. The second-order valence-corrected chi connectivity index (χ2v) is 5.76. The van der Waals surface area contributed by atoms with E-state index in [9.17, 15) is 9.59 Å². The molecule has 6 nitrogen and oxygen atoms in total. The van der Waals surface area contributed by atoms with Gasteiger partial charge in [0, 0.05) is 24.7 Å². The highest BCUT2D eigenvalue weighted by Gasteiger charge is 2.30. The molecule has 6 heteroatoms. The molecule has 1 fully saturated rings. The number of nitrogens with zero attached hydrogens (tertiary/aromatic N) is 2. The second kappa shape index (κ2) is 6.24. The van der Waals surface area contributed by atoms with Gasteiger partial charge in [0.2, 0.25) is 11.7 Å².